The molecule has 4 rings (SSSR count). The van der Waals surface area contributed by atoms with Crippen LogP contribution in [0.5, 0.6) is 0 Å². The molecule has 1 fully saturated rings. The Kier molecular flexibility index (Phi) is 5.01. The number of hydrogen-bond acceptors (Lipinski definition) is 2. The monoisotopic (exact) mass is 363 g/mol. The van der Waals surface area contributed by atoms with E-state index in [1.165, 1.54) is 17.7 Å². The fourth-order valence-corrected chi connectivity index (χ4v) is 3.48. The van der Waals surface area contributed by atoms with Crippen molar-refractivity contribution in [3.05, 3.63) is 89.8 Å². The zero-order valence-corrected chi connectivity index (χ0v) is 15.0. The van der Waals surface area contributed by atoms with E-state index in [1.54, 1.807) is 18.3 Å². The fraction of sp³-hybridized carbons (Fsp3) is 0.273. The van der Waals surface area contributed by atoms with E-state index in [-0.39, 0.29) is 23.6 Å². The Morgan fingerprint density at radius 1 is 1.15 bits per heavy atom. The molecule has 1 aliphatic carbocycles. The molecular formula is C22H22FN3O. The largest absolute Gasteiger partial charge is 0.355 e. The smallest absolute Gasteiger partial charge is 0.223 e. The number of benzene rings is 2. The summed E-state index contributed by atoms with van der Waals surface area (Å²) in [5.74, 6) is 1.01. The van der Waals surface area contributed by atoms with Crippen LogP contribution >= 0.6 is 0 Å². The van der Waals surface area contributed by atoms with Crippen molar-refractivity contribution in [2.45, 2.75) is 25.3 Å². The Morgan fingerprint density at radius 2 is 1.93 bits per heavy atom. The van der Waals surface area contributed by atoms with Gasteiger partial charge in [0.2, 0.25) is 5.91 Å². The van der Waals surface area contributed by atoms with Gasteiger partial charge in [-0.2, -0.15) is 0 Å². The highest BCUT2D eigenvalue weighted by molar-refractivity contribution is 5.82. The number of aromatic nitrogens is 2. The second kappa shape index (κ2) is 7.74. The molecule has 2 atom stereocenters. The molecule has 0 bridgehead atoms. The molecule has 1 heterocycles. The minimum atomic E-state index is -0.244. The molecule has 4 nitrogen and oxygen atoms in total. The van der Waals surface area contributed by atoms with E-state index in [0.29, 0.717) is 13.0 Å². The quantitative estimate of drug-likeness (QED) is 0.698. The van der Waals surface area contributed by atoms with Gasteiger partial charge in [-0.25, -0.2) is 9.37 Å². The van der Waals surface area contributed by atoms with E-state index in [0.717, 1.165) is 24.4 Å². The minimum Gasteiger partial charge on any atom is -0.355 e. The summed E-state index contributed by atoms with van der Waals surface area (Å²) in [6.45, 7) is 1.34. The van der Waals surface area contributed by atoms with Crippen molar-refractivity contribution < 1.29 is 9.18 Å². The van der Waals surface area contributed by atoms with E-state index in [4.69, 9.17) is 0 Å². The van der Waals surface area contributed by atoms with Gasteiger partial charge in [0.15, 0.2) is 0 Å². The summed E-state index contributed by atoms with van der Waals surface area (Å²) in [6.07, 6.45) is 5.29. The van der Waals surface area contributed by atoms with Crippen LogP contribution in [0.3, 0.4) is 0 Å². The second-order valence-corrected chi connectivity index (χ2v) is 7.00. The number of amides is 1. The predicted molar refractivity (Wildman–Crippen MR) is 102 cm³/mol. The van der Waals surface area contributed by atoms with Crippen LogP contribution in [0.15, 0.2) is 67.0 Å². The van der Waals surface area contributed by atoms with Crippen molar-refractivity contribution in [1.29, 1.82) is 0 Å². The third-order valence-corrected chi connectivity index (χ3v) is 5.07. The molecule has 1 amide bonds. The number of rotatable bonds is 7. The fourth-order valence-electron chi connectivity index (χ4n) is 3.48. The summed E-state index contributed by atoms with van der Waals surface area (Å²) in [6, 6.07) is 16.7. The number of hydrogen-bond donors (Lipinski definition) is 1. The van der Waals surface area contributed by atoms with Gasteiger partial charge in [0.25, 0.3) is 0 Å². The van der Waals surface area contributed by atoms with Crippen LogP contribution in [-0.2, 0) is 17.8 Å². The SMILES string of the molecule is O=C(NCCc1nccn1Cc1ccccc1)C1CC1c1ccc(F)cc1. The van der Waals surface area contributed by atoms with Gasteiger partial charge in [0.05, 0.1) is 0 Å². The van der Waals surface area contributed by atoms with Crippen LogP contribution in [0, 0.1) is 11.7 Å². The lowest BCUT2D eigenvalue weighted by molar-refractivity contribution is -0.122. The van der Waals surface area contributed by atoms with E-state index in [1.807, 2.05) is 24.4 Å². The molecule has 2 aromatic carbocycles. The van der Waals surface area contributed by atoms with E-state index >= 15 is 0 Å². The summed E-state index contributed by atoms with van der Waals surface area (Å²) in [5, 5.41) is 3.02. The molecule has 3 aromatic rings. The van der Waals surface area contributed by atoms with E-state index in [9.17, 15) is 9.18 Å². The molecule has 0 spiro atoms. The van der Waals surface area contributed by atoms with Crippen molar-refractivity contribution >= 4 is 5.91 Å². The van der Waals surface area contributed by atoms with Gasteiger partial charge in [0, 0.05) is 37.8 Å². The van der Waals surface area contributed by atoms with Crippen molar-refractivity contribution in [3.8, 4) is 0 Å². The highest BCUT2D eigenvalue weighted by atomic mass is 19.1. The van der Waals surface area contributed by atoms with Crippen LogP contribution in [0.2, 0.25) is 0 Å². The Morgan fingerprint density at radius 3 is 2.70 bits per heavy atom. The van der Waals surface area contributed by atoms with Crippen LogP contribution < -0.4 is 5.32 Å². The second-order valence-electron chi connectivity index (χ2n) is 7.00. The predicted octanol–water partition coefficient (Wildman–Crippen LogP) is 3.53. The molecule has 138 valence electrons. The average Bonchev–Trinajstić information content (AvgIpc) is 3.37. The standard InChI is InChI=1S/C22H22FN3O/c23-18-8-6-17(7-9-18)19-14-20(19)22(27)25-11-10-21-24-12-13-26(21)15-16-4-2-1-3-5-16/h1-9,12-13,19-20H,10-11,14-15H2,(H,25,27). The molecule has 1 aromatic heterocycles. The first-order valence-electron chi connectivity index (χ1n) is 9.28. The lowest BCUT2D eigenvalue weighted by Gasteiger charge is -2.09. The number of imidazole rings is 1. The molecule has 0 aliphatic heterocycles. The van der Waals surface area contributed by atoms with Crippen molar-refractivity contribution in [1.82, 2.24) is 14.9 Å². The topological polar surface area (TPSA) is 46.9 Å². The summed E-state index contributed by atoms with van der Waals surface area (Å²) in [5.41, 5.74) is 2.26. The van der Waals surface area contributed by atoms with Gasteiger partial charge in [-0.3, -0.25) is 4.79 Å². The van der Waals surface area contributed by atoms with Crippen LogP contribution in [-0.4, -0.2) is 22.0 Å². The lowest BCUT2D eigenvalue weighted by atomic mass is 10.1. The third kappa shape index (κ3) is 4.25. The summed E-state index contributed by atoms with van der Waals surface area (Å²) < 4.78 is 15.1. The molecule has 1 saturated carbocycles. The highest BCUT2D eigenvalue weighted by Gasteiger charge is 2.43. The molecule has 1 N–H and O–H groups in total. The number of carbonyl (C=O) groups is 1. The lowest BCUT2D eigenvalue weighted by Crippen LogP contribution is -2.28. The van der Waals surface area contributed by atoms with Crippen molar-refractivity contribution in [2.24, 2.45) is 5.92 Å². The maximum absolute atomic E-state index is 13.0. The van der Waals surface area contributed by atoms with Gasteiger partial charge in [-0.05, 0) is 35.6 Å². The molecule has 0 saturated heterocycles. The summed E-state index contributed by atoms with van der Waals surface area (Å²) in [4.78, 5) is 16.8. The normalized spacial score (nSPS) is 18.3. The van der Waals surface area contributed by atoms with E-state index < -0.39 is 0 Å². The number of carbonyl (C=O) groups excluding carboxylic acids is 1. The first-order chi connectivity index (χ1) is 13.2. The molecule has 2 unspecified atom stereocenters. The number of nitrogens with zero attached hydrogens (tertiary/aromatic N) is 2. The molecule has 27 heavy (non-hydrogen) atoms. The minimum absolute atomic E-state index is 0.000440. The van der Waals surface area contributed by atoms with E-state index in [2.05, 4.69) is 27.0 Å². The van der Waals surface area contributed by atoms with Crippen LogP contribution in [0.1, 0.15) is 29.3 Å². The zero-order valence-electron chi connectivity index (χ0n) is 15.0. The van der Waals surface area contributed by atoms with Gasteiger partial charge in [-0.15, -0.1) is 0 Å². The summed E-state index contributed by atoms with van der Waals surface area (Å²) in [7, 11) is 0. The van der Waals surface area contributed by atoms with Crippen molar-refractivity contribution in [2.75, 3.05) is 6.54 Å². The van der Waals surface area contributed by atoms with Crippen LogP contribution in [0.25, 0.3) is 0 Å². The Labute approximate surface area is 158 Å². The third-order valence-electron chi connectivity index (χ3n) is 5.07. The molecule has 5 heteroatoms. The number of nitrogens with one attached hydrogen (secondary N) is 1. The van der Waals surface area contributed by atoms with Gasteiger partial charge >= 0.3 is 0 Å². The summed E-state index contributed by atoms with van der Waals surface area (Å²) >= 11 is 0. The van der Waals surface area contributed by atoms with Gasteiger partial charge in [0.1, 0.15) is 11.6 Å². The van der Waals surface area contributed by atoms with Crippen LogP contribution in [0.4, 0.5) is 4.39 Å². The highest BCUT2D eigenvalue weighted by Crippen LogP contribution is 2.47. The Hall–Kier alpha value is -2.95. The van der Waals surface area contributed by atoms with Gasteiger partial charge < -0.3 is 9.88 Å². The maximum Gasteiger partial charge on any atom is 0.223 e. The number of halogens is 1. The molecule has 0 radical (unpaired) electrons. The first-order valence-corrected chi connectivity index (χ1v) is 9.28. The average molecular weight is 363 g/mol. The maximum atomic E-state index is 13.0. The Bertz CT molecular complexity index is 905. The Balaban J connectivity index is 1.27. The molecule has 1 aliphatic rings. The van der Waals surface area contributed by atoms with Gasteiger partial charge in [-0.1, -0.05) is 42.5 Å². The first kappa shape index (κ1) is 17.5. The zero-order chi connectivity index (χ0) is 18.6. The molecular weight excluding hydrogens is 341 g/mol. The van der Waals surface area contributed by atoms with Crippen molar-refractivity contribution in [3.63, 3.8) is 0 Å².